The maximum Gasteiger partial charge on any atom is 0.126 e. The summed E-state index contributed by atoms with van der Waals surface area (Å²) in [6, 6.07) is 11.4. The van der Waals surface area contributed by atoms with E-state index in [4.69, 9.17) is 4.98 Å². The van der Waals surface area contributed by atoms with Gasteiger partial charge in [0.05, 0.1) is 6.04 Å². The largest absolute Gasteiger partial charge is 0.334 e. The molecule has 0 N–H and O–H groups in total. The number of rotatable bonds is 4. The topological polar surface area (TPSA) is 24.3 Å². The smallest absolute Gasteiger partial charge is 0.126 e. The van der Waals surface area contributed by atoms with Gasteiger partial charge in [-0.25, -0.2) is 4.98 Å². The van der Waals surface area contributed by atoms with Crippen molar-refractivity contribution in [2.75, 3.05) is 26.2 Å². The summed E-state index contributed by atoms with van der Waals surface area (Å²) in [6.07, 6.45) is 7.96. The summed E-state index contributed by atoms with van der Waals surface area (Å²) in [4.78, 5) is 10.1. The van der Waals surface area contributed by atoms with Crippen LogP contribution < -0.4 is 0 Å². The fourth-order valence-electron chi connectivity index (χ4n) is 4.61. The highest BCUT2D eigenvalue weighted by molar-refractivity contribution is 5.16. The van der Waals surface area contributed by atoms with E-state index in [0.717, 1.165) is 19.6 Å². The number of benzene rings is 1. The van der Waals surface area contributed by atoms with Crippen molar-refractivity contribution < 1.29 is 0 Å². The number of hydrogen-bond acceptors (Lipinski definition) is 3. The van der Waals surface area contributed by atoms with Crippen LogP contribution in [-0.2, 0) is 13.1 Å². The normalized spacial score (nSPS) is 23.3. The molecule has 1 aromatic heterocycles. The number of fused-ring (bicyclic) bond motifs is 1. The molecule has 0 aliphatic carbocycles. The van der Waals surface area contributed by atoms with E-state index in [1.165, 1.54) is 50.3 Å². The van der Waals surface area contributed by atoms with E-state index in [0.29, 0.717) is 12.0 Å². The van der Waals surface area contributed by atoms with Crippen molar-refractivity contribution >= 4 is 0 Å². The van der Waals surface area contributed by atoms with Gasteiger partial charge >= 0.3 is 0 Å². The Hall–Kier alpha value is -1.65. The van der Waals surface area contributed by atoms with E-state index in [1.54, 1.807) is 0 Å². The number of aromatic nitrogens is 2. The molecule has 4 heteroatoms. The van der Waals surface area contributed by atoms with Crippen molar-refractivity contribution in [2.24, 2.45) is 5.92 Å². The molecule has 0 bridgehead atoms. The van der Waals surface area contributed by atoms with Crippen LogP contribution in [0.5, 0.6) is 0 Å². The molecule has 3 heterocycles. The molecule has 0 saturated carbocycles. The van der Waals surface area contributed by atoms with E-state index in [1.807, 2.05) is 6.20 Å². The lowest BCUT2D eigenvalue weighted by atomic mass is 9.87. The highest BCUT2D eigenvalue weighted by atomic mass is 15.2. The van der Waals surface area contributed by atoms with Gasteiger partial charge in [0.2, 0.25) is 0 Å². The van der Waals surface area contributed by atoms with Crippen LogP contribution in [0.2, 0.25) is 0 Å². The molecule has 0 spiro atoms. The Morgan fingerprint density at radius 2 is 1.84 bits per heavy atom. The van der Waals surface area contributed by atoms with Crippen molar-refractivity contribution in [1.82, 2.24) is 19.4 Å². The molecule has 1 atom stereocenters. The SMILES string of the molecule is CCN1CCC(C2c3nccn3CCCN2Cc2ccccc2)CC1. The third-order valence-corrected chi connectivity index (χ3v) is 6.00. The summed E-state index contributed by atoms with van der Waals surface area (Å²) < 4.78 is 2.40. The summed E-state index contributed by atoms with van der Waals surface area (Å²) >= 11 is 0. The lowest BCUT2D eigenvalue weighted by molar-refractivity contribution is 0.0812. The molecule has 134 valence electrons. The van der Waals surface area contributed by atoms with Crippen LogP contribution in [0.3, 0.4) is 0 Å². The summed E-state index contributed by atoms with van der Waals surface area (Å²) in [5.41, 5.74) is 1.42. The molecule has 1 aromatic carbocycles. The average molecular weight is 338 g/mol. The van der Waals surface area contributed by atoms with Gasteiger partial charge in [0.25, 0.3) is 0 Å². The Bertz CT molecular complexity index is 658. The van der Waals surface area contributed by atoms with Gasteiger partial charge in [-0.05, 0) is 50.4 Å². The highest BCUT2D eigenvalue weighted by Gasteiger charge is 2.35. The van der Waals surface area contributed by atoms with E-state index < -0.39 is 0 Å². The minimum absolute atomic E-state index is 0.455. The Labute approximate surface area is 151 Å². The predicted octanol–water partition coefficient (Wildman–Crippen LogP) is 3.56. The van der Waals surface area contributed by atoms with Gasteiger partial charge in [-0.3, -0.25) is 4.90 Å². The zero-order valence-electron chi connectivity index (χ0n) is 15.3. The minimum atomic E-state index is 0.455. The molecule has 2 aromatic rings. The molecule has 1 saturated heterocycles. The maximum absolute atomic E-state index is 4.81. The molecule has 25 heavy (non-hydrogen) atoms. The number of imidazole rings is 1. The Balaban J connectivity index is 1.60. The summed E-state index contributed by atoms with van der Waals surface area (Å²) in [6.45, 7) is 9.23. The third kappa shape index (κ3) is 3.65. The van der Waals surface area contributed by atoms with Crippen LogP contribution in [-0.4, -0.2) is 45.5 Å². The van der Waals surface area contributed by atoms with Gasteiger partial charge in [0, 0.05) is 32.0 Å². The van der Waals surface area contributed by atoms with Crippen molar-refractivity contribution in [2.45, 2.75) is 45.3 Å². The number of aryl methyl sites for hydroxylation is 1. The van der Waals surface area contributed by atoms with Gasteiger partial charge in [-0.15, -0.1) is 0 Å². The Morgan fingerprint density at radius 3 is 2.60 bits per heavy atom. The molecule has 0 amide bonds. The number of hydrogen-bond donors (Lipinski definition) is 0. The molecule has 2 aliphatic heterocycles. The fraction of sp³-hybridized carbons (Fsp3) is 0.571. The van der Waals surface area contributed by atoms with Crippen LogP contribution >= 0.6 is 0 Å². The first-order valence-electron chi connectivity index (χ1n) is 9.86. The van der Waals surface area contributed by atoms with Crippen LogP contribution in [0.15, 0.2) is 42.7 Å². The second-order valence-corrected chi connectivity index (χ2v) is 7.50. The van der Waals surface area contributed by atoms with Crippen LogP contribution in [0.4, 0.5) is 0 Å². The molecular weight excluding hydrogens is 308 g/mol. The quantitative estimate of drug-likeness (QED) is 0.852. The first-order chi connectivity index (χ1) is 12.3. The molecule has 2 aliphatic rings. The number of likely N-dealkylation sites (tertiary alicyclic amines) is 1. The van der Waals surface area contributed by atoms with E-state index in [9.17, 15) is 0 Å². The Kier molecular flexibility index (Phi) is 5.18. The van der Waals surface area contributed by atoms with Crippen LogP contribution in [0, 0.1) is 5.92 Å². The molecule has 1 unspecified atom stereocenters. The van der Waals surface area contributed by atoms with E-state index in [2.05, 4.69) is 57.8 Å². The first kappa shape index (κ1) is 16.8. The van der Waals surface area contributed by atoms with Gasteiger partial charge in [-0.2, -0.15) is 0 Å². The van der Waals surface area contributed by atoms with Gasteiger partial charge in [-0.1, -0.05) is 37.3 Å². The van der Waals surface area contributed by atoms with Gasteiger partial charge in [0.15, 0.2) is 0 Å². The lowest BCUT2D eigenvalue weighted by Gasteiger charge is -2.40. The molecule has 4 rings (SSSR count). The summed E-state index contributed by atoms with van der Waals surface area (Å²) in [7, 11) is 0. The molecule has 4 nitrogen and oxygen atoms in total. The fourth-order valence-corrected chi connectivity index (χ4v) is 4.61. The number of piperidine rings is 1. The molecular formula is C21H30N4. The van der Waals surface area contributed by atoms with Gasteiger partial charge < -0.3 is 9.47 Å². The predicted molar refractivity (Wildman–Crippen MR) is 101 cm³/mol. The second kappa shape index (κ2) is 7.71. The minimum Gasteiger partial charge on any atom is -0.334 e. The number of nitrogens with zero attached hydrogens (tertiary/aromatic N) is 4. The third-order valence-electron chi connectivity index (χ3n) is 6.00. The first-order valence-corrected chi connectivity index (χ1v) is 9.86. The van der Waals surface area contributed by atoms with Crippen molar-refractivity contribution in [3.05, 3.63) is 54.1 Å². The van der Waals surface area contributed by atoms with Crippen LogP contribution in [0.25, 0.3) is 0 Å². The average Bonchev–Trinajstić information content (AvgIpc) is 3.04. The van der Waals surface area contributed by atoms with E-state index in [-0.39, 0.29) is 0 Å². The van der Waals surface area contributed by atoms with Gasteiger partial charge in [0.1, 0.15) is 5.82 Å². The maximum atomic E-state index is 4.81. The highest BCUT2D eigenvalue weighted by Crippen LogP contribution is 2.37. The standard InChI is InChI=1S/C21H30N4/c1-2-23-14-9-19(10-15-23)20-21-22-11-16-24(21)12-6-13-25(20)17-18-7-4-3-5-8-18/h3-5,7-8,11,16,19-20H,2,6,9-10,12-15,17H2,1H3. The molecule has 0 radical (unpaired) electrons. The monoisotopic (exact) mass is 338 g/mol. The van der Waals surface area contributed by atoms with Crippen molar-refractivity contribution in [3.63, 3.8) is 0 Å². The van der Waals surface area contributed by atoms with Crippen molar-refractivity contribution in [1.29, 1.82) is 0 Å². The summed E-state index contributed by atoms with van der Waals surface area (Å²) in [5, 5.41) is 0. The van der Waals surface area contributed by atoms with Crippen LogP contribution in [0.1, 0.15) is 43.6 Å². The summed E-state index contributed by atoms with van der Waals surface area (Å²) in [5.74, 6) is 2.01. The zero-order valence-corrected chi connectivity index (χ0v) is 15.3. The Morgan fingerprint density at radius 1 is 1.04 bits per heavy atom. The lowest BCUT2D eigenvalue weighted by Crippen LogP contribution is -2.41. The zero-order chi connectivity index (χ0) is 17.1. The van der Waals surface area contributed by atoms with E-state index >= 15 is 0 Å². The second-order valence-electron chi connectivity index (χ2n) is 7.50. The van der Waals surface area contributed by atoms with Crippen molar-refractivity contribution in [3.8, 4) is 0 Å². The molecule has 1 fully saturated rings.